The molecule has 0 amide bonds. The smallest absolute Gasteiger partial charge is 0.323 e. The van der Waals surface area contributed by atoms with E-state index in [-0.39, 0.29) is 5.69 Å². The summed E-state index contributed by atoms with van der Waals surface area (Å²) in [6.07, 6.45) is 1.12. The van der Waals surface area contributed by atoms with Crippen LogP contribution < -0.4 is 16.3 Å². The van der Waals surface area contributed by atoms with Crippen molar-refractivity contribution < 1.29 is 0 Å². The summed E-state index contributed by atoms with van der Waals surface area (Å²) in [5.41, 5.74) is 2.48. The molecule has 1 aromatic heterocycles. The Balaban J connectivity index is 1.97. The number of imidazole rings is 1. The number of H-pyrrole nitrogens is 2. The summed E-state index contributed by atoms with van der Waals surface area (Å²) < 4.78 is 0.965. The Morgan fingerprint density at radius 3 is 2.76 bits per heavy atom. The highest BCUT2D eigenvalue weighted by atomic mass is 79.9. The first kappa shape index (κ1) is 10.9. The number of aromatic amines is 2. The lowest BCUT2D eigenvalue weighted by Gasteiger charge is -2.14. The van der Waals surface area contributed by atoms with Crippen molar-refractivity contribution in [1.29, 1.82) is 0 Å². The van der Waals surface area contributed by atoms with Gasteiger partial charge in [0.1, 0.15) is 0 Å². The number of hydrogen-bond acceptors (Lipinski definition) is 3. The van der Waals surface area contributed by atoms with Gasteiger partial charge in [0, 0.05) is 17.1 Å². The van der Waals surface area contributed by atoms with Crippen molar-refractivity contribution >= 4 is 32.7 Å². The van der Waals surface area contributed by atoms with Crippen LogP contribution in [0.3, 0.4) is 0 Å². The SMILES string of the molecule is O=c1[nH]c2cc(Br)c(NC3CCNC3)cc2[nH]1. The third kappa shape index (κ3) is 2.10. The summed E-state index contributed by atoms with van der Waals surface area (Å²) in [7, 11) is 0. The zero-order valence-electron chi connectivity index (χ0n) is 9.14. The molecule has 6 heteroatoms. The highest BCUT2D eigenvalue weighted by Gasteiger charge is 2.15. The predicted octanol–water partition coefficient (Wildman–Crippen LogP) is 1.39. The van der Waals surface area contributed by atoms with Crippen molar-refractivity contribution in [3.05, 3.63) is 27.1 Å². The van der Waals surface area contributed by atoms with Gasteiger partial charge in [0.2, 0.25) is 0 Å². The lowest BCUT2D eigenvalue weighted by Crippen LogP contribution is -2.22. The Labute approximate surface area is 106 Å². The molecule has 2 heterocycles. The average Bonchev–Trinajstić information content (AvgIpc) is 2.87. The molecule has 0 saturated carbocycles. The van der Waals surface area contributed by atoms with Crippen LogP contribution in [0.1, 0.15) is 6.42 Å². The normalized spacial score (nSPS) is 19.9. The molecule has 0 bridgehead atoms. The van der Waals surface area contributed by atoms with Gasteiger partial charge >= 0.3 is 5.69 Å². The first-order valence-electron chi connectivity index (χ1n) is 5.61. The van der Waals surface area contributed by atoms with E-state index in [9.17, 15) is 4.79 Å². The van der Waals surface area contributed by atoms with Gasteiger partial charge in [0.25, 0.3) is 0 Å². The fourth-order valence-electron chi connectivity index (χ4n) is 2.16. The second kappa shape index (κ2) is 4.19. The summed E-state index contributed by atoms with van der Waals surface area (Å²) in [4.78, 5) is 16.7. The minimum Gasteiger partial charge on any atom is -0.380 e. The molecule has 1 saturated heterocycles. The number of nitrogens with one attached hydrogen (secondary N) is 4. The molecule has 1 aliphatic heterocycles. The number of halogens is 1. The molecular weight excluding hydrogens is 284 g/mol. The summed E-state index contributed by atoms with van der Waals surface area (Å²) in [6, 6.07) is 4.32. The standard InChI is InChI=1S/C11H13BrN4O/c12-7-3-9-10(16-11(17)15-9)4-8(7)14-6-1-2-13-5-6/h3-4,6,13-14H,1-2,5H2,(H2,15,16,17). The van der Waals surface area contributed by atoms with E-state index in [1.54, 1.807) is 0 Å². The topological polar surface area (TPSA) is 72.7 Å². The van der Waals surface area contributed by atoms with Gasteiger partial charge in [-0.05, 0) is 41.0 Å². The molecule has 2 aromatic rings. The summed E-state index contributed by atoms with van der Waals surface area (Å²) >= 11 is 3.52. The molecule has 0 radical (unpaired) electrons. The number of benzene rings is 1. The van der Waals surface area contributed by atoms with Gasteiger partial charge in [0.15, 0.2) is 0 Å². The van der Waals surface area contributed by atoms with E-state index in [4.69, 9.17) is 0 Å². The fourth-order valence-corrected chi connectivity index (χ4v) is 2.62. The van der Waals surface area contributed by atoms with Gasteiger partial charge in [0.05, 0.1) is 16.7 Å². The van der Waals surface area contributed by atoms with E-state index in [1.807, 2.05) is 12.1 Å². The first-order valence-corrected chi connectivity index (χ1v) is 6.40. The van der Waals surface area contributed by atoms with Gasteiger partial charge in [-0.2, -0.15) is 0 Å². The van der Waals surface area contributed by atoms with E-state index in [1.165, 1.54) is 0 Å². The number of rotatable bonds is 2. The number of fused-ring (bicyclic) bond motifs is 1. The summed E-state index contributed by atoms with van der Waals surface area (Å²) in [6.45, 7) is 2.03. The van der Waals surface area contributed by atoms with Crippen LogP contribution in [0.15, 0.2) is 21.4 Å². The van der Waals surface area contributed by atoms with Gasteiger partial charge in [-0.25, -0.2) is 4.79 Å². The average molecular weight is 297 g/mol. The van der Waals surface area contributed by atoms with E-state index in [0.717, 1.165) is 40.7 Å². The Bertz CT molecular complexity index is 597. The van der Waals surface area contributed by atoms with Crippen molar-refractivity contribution in [2.24, 2.45) is 0 Å². The van der Waals surface area contributed by atoms with Crippen LogP contribution in [0.4, 0.5) is 5.69 Å². The van der Waals surface area contributed by atoms with Crippen LogP contribution in [0.5, 0.6) is 0 Å². The molecule has 0 aliphatic carbocycles. The molecule has 1 aliphatic rings. The lowest BCUT2D eigenvalue weighted by molar-refractivity contribution is 0.793. The maximum atomic E-state index is 11.2. The number of hydrogen-bond donors (Lipinski definition) is 4. The van der Waals surface area contributed by atoms with E-state index in [0.29, 0.717) is 6.04 Å². The Hall–Kier alpha value is -1.27. The van der Waals surface area contributed by atoms with Crippen molar-refractivity contribution in [2.75, 3.05) is 18.4 Å². The van der Waals surface area contributed by atoms with Crippen LogP contribution in [-0.4, -0.2) is 29.1 Å². The molecule has 5 nitrogen and oxygen atoms in total. The minimum atomic E-state index is -0.174. The number of aromatic nitrogens is 2. The molecule has 1 atom stereocenters. The summed E-state index contributed by atoms with van der Waals surface area (Å²) in [5, 5.41) is 6.78. The maximum Gasteiger partial charge on any atom is 0.323 e. The lowest BCUT2D eigenvalue weighted by atomic mass is 10.2. The second-order valence-electron chi connectivity index (χ2n) is 4.29. The molecule has 17 heavy (non-hydrogen) atoms. The first-order chi connectivity index (χ1) is 8.22. The Morgan fingerprint density at radius 2 is 2.06 bits per heavy atom. The zero-order chi connectivity index (χ0) is 11.8. The molecule has 90 valence electrons. The third-order valence-electron chi connectivity index (χ3n) is 3.02. The van der Waals surface area contributed by atoms with Gasteiger partial charge in [-0.15, -0.1) is 0 Å². The van der Waals surface area contributed by atoms with Crippen molar-refractivity contribution in [3.63, 3.8) is 0 Å². The van der Waals surface area contributed by atoms with E-state index < -0.39 is 0 Å². The maximum absolute atomic E-state index is 11.2. The van der Waals surface area contributed by atoms with Crippen LogP contribution >= 0.6 is 15.9 Å². The molecule has 1 unspecified atom stereocenters. The number of anilines is 1. The van der Waals surface area contributed by atoms with Gasteiger partial charge in [-0.1, -0.05) is 0 Å². The summed E-state index contributed by atoms with van der Waals surface area (Å²) in [5.74, 6) is 0. The van der Waals surface area contributed by atoms with Crippen LogP contribution in [0, 0.1) is 0 Å². The van der Waals surface area contributed by atoms with Crippen LogP contribution in [0.25, 0.3) is 11.0 Å². The highest BCUT2D eigenvalue weighted by Crippen LogP contribution is 2.27. The molecule has 3 rings (SSSR count). The molecular formula is C11H13BrN4O. The third-order valence-corrected chi connectivity index (χ3v) is 3.68. The van der Waals surface area contributed by atoms with Crippen LogP contribution in [0.2, 0.25) is 0 Å². The fraction of sp³-hybridized carbons (Fsp3) is 0.364. The predicted molar refractivity (Wildman–Crippen MR) is 71.5 cm³/mol. The monoisotopic (exact) mass is 296 g/mol. The Morgan fingerprint density at radius 1 is 1.29 bits per heavy atom. The van der Waals surface area contributed by atoms with Crippen molar-refractivity contribution in [2.45, 2.75) is 12.5 Å². The van der Waals surface area contributed by atoms with Crippen molar-refractivity contribution in [3.8, 4) is 0 Å². The Kier molecular flexibility index (Phi) is 2.68. The van der Waals surface area contributed by atoms with E-state index in [2.05, 4.69) is 36.5 Å². The van der Waals surface area contributed by atoms with Crippen LogP contribution in [-0.2, 0) is 0 Å². The quantitative estimate of drug-likeness (QED) is 0.677. The second-order valence-corrected chi connectivity index (χ2v) is 5.15. The zero-order valence-corrected chi connectivity index (χ0v) is 10.7. The van der Waals surface area contributed by atoms with Gasteiger partial charge < -0.3 is 20.6 Å². The molecule has 0 spiro atoms. The van der Waals surface area contributed by atoms with E-state index >= 15 is 0 Å². The van der Waals surface area contributed by atoms with Gasteiger partial charge in [-0.3, -0.25) is 0 Å². The largest absolute Gasteiger partial charge is 0.380 e. The molecule has 1 aromatic carbocycles. The van der Waals surface area contributed by atoms with Crippen molar-refractivity contribution in [1.82, 2.24) is 15.3 Å². The molecule has 4 N–H and O–H groups in total. The molecule has 1 fully saturated rings. The minimum absolute atomic E-state index is 0.174. The highest BCUT2D eigenvalue weighted by molar-refractivity contribution is 9.10.